The SMILES string of the molecule is c1ccc2oc(N3CCN(c4cc(C5CCCNC5)ncn4)CC3)nc2c1. The predicted octanol–water partition coefficient (Wildman–Crippen LogP) is 2.41. The molecule has 27 heavy (non-hydrogen) atoms. The number of rotatable bonds is 3. The highest BCUT2D eigenvalue weighted by Gasteiger charge is 2.23. The molecule has 4 heterocycles. The summed E-state index contributed by atoms with van der Waals surface area (Å²) >= 11 is 0. The van der Waals surface area contributed by atoms with Gasteiger partial charge in [-0.3, -0.25) is 0 Å². The molecule has 2 aromatic heterocycles. The Morgan fingerprint density at radius 2 is 1.89 bits per heavy atom. The monoisotopic (exact) mass is 364 g/mol. The van der Waals surface area contributed by atoms with Crippen LogP contribution in [0.2, 0.25) is 0 Å². The minimum absolute atomic E-state index is 0.501. The first-order valence-corrected chi connectivity index (χ1v) is 9.75. The van der Waals surface area contributed by atoms with Gasteiger partial charge in [0.15, 0.2) is 5.58 Å². The van der Waals surface area contributed by atoms with Gasteiger partial charge in [-0.05, 0) is 31.5 Å². The molecule has 2 aliphatic rings. The lowest BCUT2D eigenvalue weighted by molar-refractivity contribution is 0.454. The largest absolute Gasteiger partial charge is 0.423 e. The summed E-state index contributed by atoms with van der Waals surface area (Å²) in [5.41, 5.74) is 2.92. The number of benzene rings is 1. The number of fused-ring (bicyclic) bond motifs is 1. The van der Waals surface area contributed by atoms with Crippen LogP contribution in [0.25, 0.3) is 11.1 Å². The molecular weight excluding hydrogens is 340 g/mol. The van der Waals surface area contributed by atoms with Gasteiger partial charge in [0.05, 0.1) is 5.69 Å². The van der Waals surface area contributed by atoms with Crippen LogP contribution in [0.3, 0.4) is 0 Å². The summed E-state index contributed by atoms with van der Waals surface area (Å²) < 4.78 is 5.91. The van der Waals surface area contributed by atoms with Crippen LogP contribution in [0.15, 0.2) is 41.1 Å². The number of hydrogen-bond acceptors (Lipinski definition) is 7. The zero-order chi connectivity index (χ0) is 18.1. The predicted molar refractivity (Wildman–Crippen MR) is 105 cm³/mol. The first kappa shape index (κ1) is 16.5. The maximum atomic E-state index is 5.91. The van der Waals surface area contributed by atoms with E-state index in [1.165, 1.54) is 12.8 Å². The fourth-order valence-corrected chi connectivity index (χ4v) is 3.98. The lowest BCUT2D eigenvalue weighted by Crippen LogP contribution is -2.47. The van der Waals surface area contributed by atoms with Crippen molar-refractivity contribution < 1.29 is 4.42 Å². The van der Waals surface area contributed by atoms with Gasteiger partial charge in [-0.2, -0.15) is 4.98 Å². The third kappa shape index (κ3) is 3.35. The van der Waals surface area contributed by atoms with Gasteiger partial charge in [-0.25, -0.2) is 9.97 Å². The standard InChI is InChI=1S/C20H24N6O/c1-2-6-18-16(5-1)24-20(27-18)26-10-8-25(9-11-26)19-12-17(22-14-23-19)15-4-3-7-21-13-15/h1-2,5-6,12,14-15,21H,3-4,7-11,13H2. The van der Waals surface area contributed by atoms with Gasteiger partial charge in [0, 0.05) is 44.7 Å². The molecule has 7 nitrogen and oxygen atoms in total. The van der Waals surface area contributed by atoms with E-state index < -0.39 is 0 Å². The number of nitrogens with one attached hydrogen (secondary N) is 1. The summed E-state index contributed by atoms with van der Waals surface area (Å²) in [5.74, 6) is 1.53. The van der Waals surface area contributed by atoms with Crippen molar-refractivity contribution in [3.8, 4) is 0 Å². The molecule has 0 saturated carbocycles. The molecule has 0 radical (unpaired) electrons. The molecule has 0 bridgehead atoms. The van der Waals surface area contributed by atoms with Crippen LogP contribution in [0, 0.1) is 0 Å². The number of anilines is 2. The van der Waals surface area contributed by atoms with Crippen LogP contribution >= 0.6 is 0 Å². The number of oxazole rings is 1. The Kier molecular flexibility index (Phi) is 4.37. The van der Waals surface area contributed by atoms with E-state index >= 15 is 0 Å². The van der Waals surface area contributed by atoms with Crippen LogP contribution in [-0.4, -0.2) is 54.2 Å². The number of para-hydroxylation sites is 2. The highest BCUT2D eigenvalue weighted by molar-refractivity contribution is 5.74. The summed E-state index contributed by atoms with van der Waals surface area (Å²) in [6.45, 7) is 5.68. The van der Waals surface area contributed by atoms with E-state index in [1.54, 1.807) is 6.33 Å². The molecule has 7 heteroatoms. The minimum atomic E-state index is 0.501. The van der Waals surface area contributed by atoms with E-state index in [0.717, 1.165) is 61.9 Å². The van der Waals surface area contributed by atoms with Crippen molar-refractivity contribution in [1.29, 1.82) is 0 Å². The van der Waals surface area contributed by atoms with Crippen LogP contribution in [-0.2, 0) is 0 Å². The zero-order valence-corrected chi connectivity index (χ0v) is 15.3. The quantitative estimate of drug-likeness (QED) is 0.765. The van der Waals surface area contributed by atoms with Crippen molar-refractivity contribution in [2.75, 3.05) is 49.1 Å². The van der Waals surface area contributed by atoms with Crippen molar-refractivity contribution >= 4 is 22.9 Å². The number of piperazine rings is 1. The summed E-state index contributed by atoms with van der Waals surface area (Å²) in [7, 11) is 0. The van der Waals surface area contributed by atoms with Crippen molar-refractivity contribution in [1.82, 2.24) is 20.3 Å². The third-order valence-corrected chi connectivity index (χ3v) is 5.55. The highest BCUT2D eigenvalue weighted by atomic mass is 16.4. The zero-order valence-electron chi connectivity index (χ0n) is 15.3. The number of nitrogens with zero attached hydrogens (tertiary/aromatic N) is 5. The van der Waals surface area contributed by atoms with E-state index in [-0.39, 0.29) is 0 Å². The van der Waals surface area contributed by atoms with Crippen molar-refractivity contribution in [2.45, 2.75) is 18.8 Å². The average Bonchev–Trinajstić information content (AvgIpc) is 3.19. The lowest BCUT2D eigenvalue weighted by Gasteiger charge is -2.34. The molecule has 140 valence electrons. The lowest BCUT2D eigenvalue weighted by atomic mass is 9.96. The molecule has 2 aliphatic heterocycles. The molecular formula is C20H24N6O. The molecule has 1 unspecified atom stereocenters. The Bertz CT molecular complexity index is 878. The molecule has 0 spiro atoms. The summed E-state index contributed by atoms with van der Waals surface area (Å²) in [4.78, 5) is 18.2. The van der Waals surface area contributed by atoms with E-state index in [2.05, 4.69) is 36.1 Å². The molecule has 0 aliphatic carbocycles. The Morgan fingerprint density at radius 3 is 2.70 bits per heavy atom. The maximum Gasteiger partial charge on any atom is 0.298 e. The highest BCUT2D eigenvalue weighted by Crippen LogP contribution is 2.26. The van der Waals surface area contributed by atoms with E-state index in [1.807, 2.05) is 24.3 Å². The van der Waals surface area contributed by atoms with E-state index in [9.17, 15) is 0 Å². The second-order valence-corrected chi connectivity index (χ2v) is 7.28. The topological polar surface area (TPSA) is 70.3 Å². The smallest absolute Gasteiger partial charge is 0.298 e. The Labute approximate surface area is 158 Å². The Hall–Kier alpha value is -2.67. The molecule has 2 saturated heterocycles. The van der Waals surface area contributed by atoms with Gasteiger partial charge in [-0.15, -0.1) is 0 Å². The molecule has 1 atom stereocenters. The number of piperidine rings is 1. The average molecular weight is 364 g/mol. The fourth-order valence-electron chi connectivity index (χ4n) is 3.98. The first-order chi connectivity index (χ1) is 13.4. The number of aromatic nitrogens is 3. The second kappa shape index (κ2) is 7.15. The minimum Gasteiger partial charge on any atom is -0.423 e. The molecule has 0 amide bonds. The Balaban J connectivity index is 1.27. The molecule has 1 aromatic carbocycles. The maximum absolute atomic E-state index is 5.91. The summed E-state index contributed by atoms with van der Waals surface area (Å²) in [6.07, 6.45) is 4.13. The second-order valence-electron chi connectivity index (χ2n) is 7.28. The fraction of sp³-hybridized carbons (Fsp3) is 0.450. The van der Waals surface area contributed by atoms with Gasteiger partial charge in [0.2, 0.25) is 0 Å². The van der Waals surface area contributed by atoms with Crippen molar-refractivity contribution in [3.05, 3.63) is 42.4 Å². The van der Waals surface area contributed by atoms with Crippen LogP contribution in [0.1, 0.15) is 24.5 Å². The van der Waals surface area contributed by atoms with Gasteiger partial charge in [0.1, 0.15) is 17.7 Å². The Morgan fingerprint density at radius 1 is 1.04 bits per heavy atom. The third-order valence-electron chi connectivity index (χ3n) is 5.55. The summed E-state index contributed by atoms with van der Waals surface area (Å²) in [6, 6.07) is 10.8. The molecule has 3 aromatic rings. The van der Waals surface area contributed by atoms with Crippen LogP contribution in [0.5, 0.6) is 0 Å². The van der Waals surface area contributed by atoms with Gasteiger partial charge >= 0.3 is 0 Å². The van der Waals surface area contributed by atoms with Crippen molar-refractivity contribution in [2.24, 2.45) is 0 Å². The van der Waals surface area contributed by atoms with E-state index in [0.29, 0.717) is 11.9 Å². The van der Waals surface area contributed by atoms with E-state index in [4.69, 9.17) is 4.42 Å². The van der Waals surface area contributed by atoms with Crippen LogP contribution in [0.4, 0.5) is 11.8 Å². The molecule has 5 rings (SSSR count). The number of hydrogen-bond donors (Lipinski definition) is 1. The van der Waals surface area contributed by atoms with Crippen LogP contribution < -0.4 is 15.1 Å². The molecule has 2 fully saturated rings. The van der Waals surface area contributed by atoms with Gasteiger partial charge in [-0.1, -0.05) is 12.1 Å². The molecule has 1 N–H and O–H groups in total. The normalized spacial score (nSPS) is 21.0. The summed E-state index contributed by atoms with van der Waals surface area (Å²) in [5, 5.41) is 3.47. The van der Waals surface area contributed by atoms with Gasteiger partial charge in [0.25, 0.3) is 6.01 Å². The van der Waals surface area contributed by atoms with Crippen molar-refractivity contribution in [3.63, 3.8) is 0 Å². The first-order valence-electron chi connectivity index (χ1n) is 9.75. The van der Waals surface area contributed by atoms with Gasteiger partial charge < -0.3 is 19.5 Å².